The number of rotatable bonds is 0. The molecule has 3 atom stereocenters. The molecule has 0 aromatic carbocycles. The van der Waals surface area contributed by atoms with Gasteiger partial charge in [0.25, 0.3) is 0 Å². The van der Waals surface area contributed by atoms with E-state index in [0.29, 0.717) is 6.10 Å². The summed E-state index contributed by atoms with van der Waals surface area (Å²) in [7, 11) is 0. The lowest BCUT2D eigenvalue weighted by molar-refractivity contribution is 0.106. The lowest BCUT2D eigenvalue weighted by Gasteiger charge is -2.20. The molecule has 56 valence electrons. The van der Waals surface area contributed by atoms with Crippen LogP contribution in [0.25, 0.3) is 0 Å². The second-order valence-corrected chi connectivity index (χ2v) is 3.41. The molecule has 0 radical (unpaired) electrons. The third-order valence-electron chi connectivity index (χ3n) is 2.80. The maximum atomic E-state index is 5.56. The quantitative estimate of drug-likeness (QED) is 0.465. The van der Waals surface area contributed by atoms with Crippen LogP contribution in [0, 0.1) is 11.8 Å². The zero-order valence-electron chi connectivity index (χ0n) is 6.42. The first-order valence-corrected chi connectivity index (χ1v) is 4.14. The van der Waals surface area contributed by atoms with Crippen molar-refractivity contribution >= 4 is 0 Å². The highest BCUT2D eigenvalue weighted by Crippen LogP contribution is 2.35. The second kappa shape index (κ2) is 2.39. The summed E-state index contributed by atoms with van der Waals surface area (Å²) in [4.78, 5) is 0. The normalized spacial score (nSPS) is 45.5. The zero-order chi connectivity index (χ0) is 6.97. The van der Waals surface area contributed by atoms with Crippen molar-refractivity contribution in [3.8, 4) is 0 Å². The average Bonchev–Trinajstić information content (AvgIpc) is 2.34. The van der Waals surface area contributed by atoms with Crippen LogP contribution in [-0.2, 0) is 4.74 Å². The molecule has 0 N–H and O–H groups in total. The highest BCUT2D eigenvalue weighted by molar-refractivity contribution is 4.98. The van der Waals surface area contributed by atoms with Gasteiger partial charge in [0.05, 0.1) is 12.7 Å². The van der Waals surface area contributed by atoms with Crippen molar-refractivity contribution in [3.05, 3.63) is 12.2 Å². The topological polar surface area (TPSA) is 9.23 Å². The molecule has 0 aromatic rings. The van der Waals surface area contributed by atoms with Gasteiger partial charge in [-0.15, -0.1) is 0 Å². The van der Waals surface area contributed by atoms with E-state index >= 15 is 0 Å². The molecule has 3 unspecified atom stereocenters. The molecular formula is C9H14O. The molecule has 0 saturated carbocycles. The Hall–Kier alpha value is -0.300. The number of hydrogen-bond donors (Lipinski definition) is 0. The minimum atomic E-state index is 0.509. The predicted molar refractivity (Wildman–Crippen MR) is 40.8 cm³/mol. The Kier molecular flexibility index (Phi) is 1.53. The van der Waals surface area contributed by atoms with Crippen LogP contribution < -0.4 is 0 Å². The molecule has 10 heavy (non-hydrogen) atoms. The van der Waals surface area contributed by atoms with Crippen molar-refractivity contribution in [2.45, 2.75) is 25.9 Å². The Balaban J connectivity index is 2.10. The van der Waals surface area contributed by atoms with E-state index in [-0.39, 0.29) is 0 Å². The van der Waals surface area contributed by atoms with Gasteiger partial charge in [0, 0.05) is 0 Å². The van der Waals surface area contributed by atoms with Gasteiger partial charge in [0.1, 0.15) is 0 Å². The largest absolute Gasteiger partial charge is 0.378 e. The van der Waals surface area contributed by atoms with Crippen LogP contribution in [0.15, 0.2) is 12.2 Å². The lowest BCUT2D eigenvalue weighted by atomic mass is 9.83. The van der Waals surface area contributed by atoms with Gasteiger partial charge in [-0.05, 0) is 31.6 Å². The summed E-state index contributed by atoms with van der Waals surface area (Å²) in [6, 6.07) is 0. The molecule has 1 saturated heterocycles. The molecule has 2 aliphatic rings. The standard InChI is InChI=1S/C9H14O/c1-7-9-5-3-2-4-8(9)6-10-7/h2-3,7-9H,4-6H2,1H3. The minimum Gasteiger partial charge on any atom is -0.378 e. The SMILES string of the molecule is CC1OCC2CC=CCC21. The summed E-state index contributed by atoms with van der Waals surface area (Å²) >= 11 is 0. The van der Waals surface area contributed by atoms with Crippen molar-refractivity contribution in [2.24, 2.45) is 11.8 Å². The van der Waals surface area contributed by atoms with Gasteiger partial charge in [-0.3, -0.25) is 0 Å². The fraction of sp³-hybridized carbons (Fsp3) is 0.778. The average molecular weight is 138 g/mol. The van der Waals surface area contributed by atoms with Gasteiger partial charge in [-0.25, -0.2) is 0 Å². The molecule has 1 fully saturated rings. The van der Waals surface area contributed by atoms with Crippen molar-refractivity contribution in [2.75, 3.05) is 6.61 Å². The lowest BCUT2D eigenvalue weighted by Crippen LogP contribution is -2.18. The second-order valence-electron chi connectivity index (χ2n) is 3.41. The van der Waals surface area contributed by atoms with E-state index in [1.807, 2.05) is 0 Å². The molecule has 1 aliphatic heterocycles. The van der Waals surface area contributed by atoms with Crippen LogP contribution in [-0.4, -0.2) is 12.7 Å². The number of ether oxygens (including phenoxy) is 1. The van der Waals surface area contributed by atoms with Gasteiger partial charge in [0.15, 0.2) is 0 Å². The van der Waals surface area contributed by atoms with E-state index in [4.69, 9.17) is 4.74 Å². The van der Waals surface area contributed by atoms with E-state index in [9.17, 15) is 0 Å². The van der Waals surface area contributed by atoms with Crippen LogP contribution in [0.5, 0.6) is 0 Å². The smallest absolute Gasteiger partial charge is 0.0581 e. The molecule has 0 aromatic heterocycles. The van der Waals surface area contributed by atoms with E-state index in [0.717, 1.165) is 18.4 Å². The van der Waals surface area contributed by atoms with Crippen LogP contribution in [0.4, 0.5) is 0 Å². The van der Waals surface area contributed by atoms with Gasteiger partial charge in [-0.1, -0.05) is 12.2 Å². The highest BCUT2D eigenvalue weighted by atomic mass is 16.5. The van der Waals surface area contributed by atoms with E-state index in [1.54, 1.807) is 0 Å². The van der Waals surface area contributed by atoms with E-state index in [1.165, 1.54) is 12.8 Å². The van der Waals surface area contributed by atoms with Gasteiger partial charge >= 0.3 is 0 Å². The molecule has 1 nitrogen and oxygen atoms in total. The molecule has 2 rings (SSSR count). The minimum absolute atomic E-state index is 0.509. The molecule has 1 heterocycles. The summed E-state index contributed by atoms with van der Waals surface area (Å²) in [6.45, 7) is 3.19. The Morgan fingerprint density at radius 1 is 1.30 bits per heavy atom. The molecule has 0 spiro atoms. The monoisotopic (exact) mass is 138 g/mol. The summed E-state index contributed by atoms with van der Waals surface area (Å²) in [5, 5.41) is 0. The van der Waals surface area contributed by atoms with Crippen LogP contribution in [0.1, 0.15) is 19.8 Å². The molecular weight excluding hydrogens is 124 g/mol. The Morgan fingerprint density at radius 3 is 2.90 bits per heavy atom. The fourth-order valence-electron chi connectivity index (χ4n) is 2.06. The van der Waals surface area contributed by atoms with Crippen LogP contribution >= 0.6 is 0 Å². The summed E-state index contributed by atoms with van der Waals surface area (Å²) in [5.74, 6) is 1.66. The third kappa shape index (κ3) is 0.891. The number of allylic oxidation sites excluding steroid dienone is 2. The first kappa shape index (κ1) is 6.41. The highest BCUT2D eigenvalue weighted by Gasteiger charge is 2.33. The van der Waals surface area contributed by atoms with Crippen molar-refractivity contribution in [3.63, 3.8) is 0 Å². The maximum absolute atomic E-state index is 5.56. The summed E-state index contributed by atoms with van der Waals surface area (Å²) in [6.07, 6.45) is 7.59. The zero-order valence-corrected chi connectivity index (χ0v) is 6.42. The number of fused-ring (bicyclic) bond motifs is 1. The van der Waals surface area contributed by atoms with E-state index in [2.05, 4.69) is 19.1 Å². The molecule has 0 bridgehead atoms. The predicted octanol–water partition coefficient (Wildman–Crippen LogP) is 1.99. The Bertz CT molecular complexity index is 151. The Labute approximate surface area is 62.1 Å². The van der Waals surface area contributed by atoms with Gasteiger partial charge in [-0.2, -0.15) is 0 Å². The summed E-state index contributed by atoms with van der Waals surface area (Å²) < 4.78 is 5.56. The van der Waals surface area contributed by atoms with Crippen molar-refractivity contribution < 1.29 is 4.74 Å². The first-order valence-electron chi connectivity index (χ1n) is 4.14. The van der Waals surface area contributed by atoms with E-state index < -0.39 is 0 Å². The fourth-order valence-corrected chi connectivity index (χ4v) is 2.06. The van der Waals surface area contributed by atoms with Crippen LogP contribution in [0.3, 0.4) is 0 Å². The molecule has 0 amide bonds. The van der Waals surface area contributed by atoms with Crippen LogP contribution in [0.2, 0.25) is 0 Å². The van der Waals surface area contributed by atoms with Crippen molar-refractivity contribution in [1.29, 1.82) is 0 Å². The third-order valence-corrected chi connectivity index (χ3v) is 2.80. The van der Waals surface area contributed by atoms with Crippen molar-refractivity contribution in [1.82, 2.24) is 0 Å². The molecule has 1 heteroatoms. The molecule has 1 aliphatic carbocycles. The van der Waals surface area contributed by atoms with Gasteiger partial charge in [0.2, 0.25) is 0 Å². The first-order chi connectivity index (χ1) is 4.88. The number of hydrogen-bond acceptors (Lipinski definition) is 1. The Morgan fingerprint density at radius 2 is 2.10 bits per heavy atom. The van der Waals surface area contributed by atoms with Gasteiger partial charge < -0.3 is 4.74 Å². The summed E-state index contributed by atoms with van der Waals surface area (Å²) in [5.41, 5.74) is 0. The maximum Gasteiger partial charge on any atom is 0.0581 e.